The van der Waals surface area contributed by atoms with E-state index in [2.05, 4.69) is 5.43 Å². The summed E-state index contributed by atoms with van der Waals surface area (Å²) in [6.07, 6.45) is 1.40. The number of rotatable bonds is 4. The van der Waals surface area contributed by atoms with Crippen LogP contribution in [-0.4, -0.2) is 21.3 Å². The molecule has 0 radical (unpaired) electrons. The molecular formula is C21H16N4O5. The monoisotopic (exact) mass is 404 g/mol. The summed E-state index contributed by atoms with van der Waals surface area (Å²) in [5.74, 6) is 4.59. The van der Waals surface area contributed by atoms with Crippen LogP contribution in [0.1, 0.15) is 26.5 Å². The number of hydrogen-bond donors (Lipinski definition) is 2. The second-order valence-electron chi connectivity index (χ2n) is 6.58. The molecule has 2 aromatic heterocycles. The van der Waals surface area contributed by atoms with Gasteiger partial charge >= 0.3 is 0 Å². The van der Waals surface area contributed by atoms with Crippen molar-refractivity contribution in [3.63, 3.8) is 0 Å². The maximum Gasteiger partial charge on any atom is 0.298 e. The van der Waals surface area contributed by atoms with Crippen LogP contribution in [0.3, 0.4) is 0 Å². The summed E-state index contributed by atoms with van der Waals surface area (Å²) in [7, 11) is 0. The Hall–Kier alpha value is -4.24. The van der Waals surface area contributed by atoms with Crippen LogP contribution in [0.25, 0.3) is 22.2 Å². The molecule has 9 heteroatoms. The summed E-state index contributed by atoms with van der Waals surface area (Å²) in [5, 5.41) is 11.8. The van der Waals surface area contributed by atoms with E-state index in [1.54, 1.807) is 49.4 Å². The molecule has 4 aromatic rings. The number of hydrazine groups is 1. The predicted octanol–water partition coefficient (Wildman–Crippen LogP) is 3.41. The molecular weight excluding hydrogens is 388 g/mol. The van der Waals surface area contributed by atoms with E-state index in [0.717, 1.165) is 0 Å². The SMILES string of the molecule is Cc1c(-c2ccc(C(=O)n3cc(C(=O)NN)c4ccccc43)o2)cccc1[N+](=O)[O-]. The van der Waals surface area contributed by atoms with Gasteiger partial charge in [0.1, 0.15) is 5.76 Å². The Bertz CT molecular complexity index is 1320. The first kappa shape index (κ1) is 19.1. The number of nitro benzene ring substituents is 1. The number of nitrogens with two attached hydrogens (primary N) is 1. The van der Waals surface area contributed by atoms with E-state index in [1.165, 1.54) is 22.9 Å². The van der Waals surface area contributed by atoms with Gasteiger partial charge in [-0.25, -0.2) is 5.84 Å². The lowest BCUT2D eigenvalue weighted by Crippen LogP contribution is -2.29. The Morgan fingerprint density at radius 1 is 1.10 bits per heavy atom. The zero-order valence-electron chi connectivity index (χ0n) is 15.8. The molecule has 0 aliphatic heterocycles. The van der Waals surface area contributed by atoms with Crippen LogP contribution >= 0.6 is 0 Å². The van der Waals surface area contributed by atoms with Gasteiger partial charge in [-0.2, -0.15) is 0 Å². The van der Waals surface area contributed by atoms with Crippen LogP contribution in [0.5, 0.6) is 0 Å². The molecule has 0 unspecified atom stereocenters. The second kappa shape index (κ2) is 7.30. The Morgan fingerprint density at radius 3 is 2.60 bits per heavy atom. The van der Waals surface area contributed by atoms with Gasteiger partial charge in [0.2, 0.25) is 0 Å². The molecule has 1 amide bonds. The van der Waals surface area contributed by atoms with Crippen LogP contribution in [0.2, 0.25) is 0 Å². The highest BCUT2D eigenvalue weighted by Crippen LogP contribution is 2.31. The van der Waals surface area contributed by atoms with E-state index in [0.29, 0.717) is 27.8 Å². The van der Waals surface area contributed by atoms with Crippen molar-refractivity contribution < 1.29 is 18.9 Å². The minimum Gasteiger partial charge on any atom is -0.451 e. The number of benzene rings is 2. The van der Waals surface area contributed by atoms with E-state index in [1.807, 2.05) is 0 Å². The van der Waals surface area contributed by atoms with Gasteiger partial charge in [0.25, 0.3) is 17.5 Å². The average Bonchev–Trinajstić information content (AvgIpc) is 3.38. The quantitative estimate of drug-likeness (QED) is 0.232. The minimum absolute atomic E-state index is 0.0244. The number of nitrogen functional groups attached to an aromatic ring is 1. The Balaban J connectivity index is 1.77. The first-order valence-corrected chi connectivity index (χ1v) is 8.92. The largest absolute Gasteiger partial charge is 0.451 e. The molecule has 0 fully saturated rings. The summed E-state index contributed by atoms with van der Waals surface area (Å²) < 4.78 is 7.04. The zero-order chi connectivity index (χ0) is 21.4. The van der Waals surface area contributed by atoms with Crippen molar-refractivity contribution in [3.05, 3.63) is 87.8 Å². The highest BCUT2D eigenvalue weighted by atomic mass is 16.6. The smallest absolute Gasteiger partial charge is 0.298 e. The molecule has 4 rings (SSSR count). The van der Waals surface area contributed by atoms with Crippen molar-refractivity contribution in [3.8, 4) is 11.3 Å². The Labute approximate surface area is 169 Å². The number of nitrogens with zero attached hydrogens (tertiary/aromatic N) is 2. The summed E-state index contributed by atoms with van der Waals surface area (Å²) in [4.78, 5) is 35.9. The lowest BCUT2D eigenvalue weighted by atomic mass is 10.1. The lowest BCUT2D eigenvalue weighted by Gasteiger charge is -2.04. The molecule has 150 valence electrons. The molecule has 0 saturated carbocycles. The van der Waals surface area contributed by atoms with Crippen molar-refractivity contribution in [2.75, 3.05) is 0 Å². The summed E-state index contributed by atoms with van der Waals surface area (Å²) in [6.45, 7) is 1.62. The number of para-hydroxylation sites is 1. The van der Waals surface area contributed by atoms with Gasteiger partial charge in [-0.3, -0.25) is 29.7 Å². The number of nitro groups is 1. The highest BCUT2D eigenvalue weighted by molar-refractivity contribution is 6.10. The maximum atomic E-state index is 13.1. The van der Waals surface area contributed by atoms with Crippen LogP contribution < -0.4 is 11.3 Å². The molecule has 0 saturated heterocycles. The third-order valence-electron chi connectivity index (χ3n) is 4.89. The van der Waals surface area contributed by atoms with Crippen LogP contribution in [0.4, 0.5) is 5.69 Å². The fraction of sp³-hybridized carbons (Fsp3) is 0.0476. The van der Waals surface area contributed by atoms with Crippen molar-refractivity contribution in [2.24, 2.45) is 5.84 Å². The van der Waals surface area contributed by atoms with Gasteiger partial charge in [-0.1, -0.05) is 30.3 Å². The van der Waals surface area contributed by atoms with Crippen molar-refractivity contribution in [1.29, 1.82) is 0 Å². The number of furan rings is 1. The van der Waals surface area contributed by atoms with Crippen LogP contribution in [0, 0.1) is 17.0 Å². The number of aromatic nitrogens is 1. The van der Waals surface area contributed by atoms with Gasteiger partial charge in [0.15, 0.2) is 5.76 Å². The number of amides is 1. The second-order valence-corrected chi connectivity index (χ2v) is 6.58. The summed E-state index contributed by atoms with van der Waals surface area (Å²) in [6, 6.07) is 14.6. The van der Waals surface area contributed by atoms with Gasteiger partial charge in [0, 0.05) is 28.8 Å². The molecule has 2 heterocycles. The number of hydrogen-bond acceptors (Lipinski definition) is 6. The van der Waals surface area contributed by atoms with E-state index in [9.17, 15) is 19.7 Å². The van der Waals surface area contributed by atoms with Gasteiger partial charge in [-0.15, -0.1) is 0 Å². The maximum absolute atomic E-state index is 13.1. The molecule has 2 aromatic carbocycles. The van der Waals surface area contributed by atoms with E-state index in [-0.39, 0.29) is 17.0 Å². The standard InChI is InChI=1S/C21H16N4O5/c1-12-13(6-4-8-16(12)25(28)29)18-9-10-19(30-18)21(27)24-11-15(20(26)23-22)14-5-2-3-7-17(14)24/h2-11H,22H2,1H3,(H,23,26). The Kier molecular flexibility index (Phi) is 4.65. The Morgan fingerprint density at radius 2 is 1.87 bits per heavy atom. The minimum atomic E-state index is -0.523. The van der Waals surface area contributed by atoms with Crippen molar-refractivity contribution in [2.45, 2.75) is 6.92 Å². The normalized spacial score (nSPS) is 10.9. The topological polar surface area (TPSA) is 133 Å². The van der Waals surface area contributed by atoms with E-state index in [4.69, 9.17) is 10.3 Å². The zero-order valence-corrected chi connectivity index (χ0v) is 15.8. The summed E-state index contributed by atoms with van der Waals surface area (Å²) in [5.41, 5.74) is 3.76. The third-order valence-corrected chi connectivity index (χ3v) is 4.89. The molecule has 0 spiro atoms. The number of carbonyl (C=O) groups is 2. The van der Waals surface area contributed by atoms with Gasteiger partial charge < -0.3 is 4.42 Å². The lowest BCUT2D eigenvalue weighted by molar-refractivity contribution is -0.385. The fourth-order valence-electron chi connectivity index (χ4n) is 3.41. The first-order chi connectivity index (χ1) is 14.4. The molecule has 0 atom stereocenters. The molecule has 3 N–H and O–H groups in total. The predicted molar refractivity (Wildman–Crippen MR) is 109 cm³/mol. The van der Waals surface area contributed by atoms with Crippen LogP contribution in [-0.2, 0) is 0 Å². The highest BCUT2D eigenvalue weighted by Gasteiger charge is 2.22. The first-order valence-electron chi connectivity index (χ1n) is 8.92. The fourth-order valence-corrected chi connectivity index (χ4v) is 3.41. The van der Waals surface area contributed by atoms with Gasteiger partial charge in [-0.05, 0) is 25.1 Å². The van der Waals surface area contributed by atoms with E-state index < -0.39 is 16.7 Å². The number of nitrogens with one attached hydrogen (secondary N) is 1. The van der Waals surface area contributed by atoms with Crippen molar-refractivity contribution >= 4 is 28.4 Å². The molecule has 0 bridgehead atoms. The molecule has 30 heavy (non-hydrogen) atoms. The molecule has 9 nitrogen and oxygen atoms in total. The van der Waals surface area contributed by atoms with Crippen molar-refractivity contribution in [1.82, 2.24) is 9.99 Å². The average molecular weight is 404 g/mol. The van der Waals surface area contributed by atoms with Gasteiger partial charge in [0.05, 0.1) is 16.0 Å². The number of carbonyl (C=O) groups excluding carboxylic acids is 2. The molecule has 0 aliphatic carbocycles. The molecule has 0 aliphatic rings. The van der Waals surface area contributed by atoms with Crippen LogP contribution in [0.15, 0.2) is 65.2 Å². The van der Waals surface area contributed by atoms with E-state index >= 15 is 0 Å². The third kappa shape index (κ3) is 3.03. The number of fused-ring (bicyclic) bond motifs is 1. The summed E-state index contributed by atoms with van der Waals surface area (Å²) >= 11 is 0.